The van der Waals surface area contributed by atoms with Crippen molar-refractivity contribution in [1.82, 2.24) is 0 Å². The van der Waals surface area contributed by atoms with Gasteiger partial charge in [-0.3, -0.25) is 0 Å². The van der Waals surface area contributed by atoms with Crippen LogP contribution < -0.4 is 4.90 Å². The van der Waals surface area contributed by atoms with Gasteiger partial charge in [-0.05, 0) is 108 Å². The van der Waals surface area contributed by atoms with Crippen LogP contribution in [0.25, 0.3) is 37.9 Å². The van der Waals surface area contributed by atoms with Crippen LogP contribution in [0.3, 0.4) is 0 Å². The molecule has 0 amide bonds. The second-order valence-corrected chi connectivity index (χ2v) is 13.0. The number of nitrogens with zero attached hydrogens (tertiary/aromatic N) is 1. The van der Waals surface area contributed by atoms with Crippen LogP contribution in [0.2, 0.25) is 0 Å². The first-order valence-electron chi connectivity index (χ1n) is 14.6. The zero-order chi connectivity index (χ0) is 26.8. The van der Waals surface area contributed by atoms with Crippen LogP contribution in [0.1, 0.15) is 41.3 Å². The first kappa shape index (κ1) is 24.0. The van der Waals surface area contributed by atoms with Crippen molar-refractivity contribution in [2.24, 2.45) is 5.92 Å². The maximum atomic E-state index is 2.56. The Morgan fingerprint density at radius 1 is 0.800 bits per heavy atom. The predicted octanol–water partition coefficient (Wildman–Crippen LogP) is 10.5. The summed E-state index contributed by atoms with van der Waals surface area (Å²) in [4.78, 5) is 4.18. The average molecular weight is 536 g/mol. The van der Waals surface area contributed by atoms with E-state index in [-0.39, 0.29) is 0 Å². The van der Waals surface area contributed by atoms with Gasteiger partial charge in [0.15, 0.2) is 0 Å². The zero-order valence-electron chi connectivity index (χ0n) is 23.2. The molecule has 2 unspecified atom stereocenters. The Morgan fingerprint density at radius 2 is 1.52 bits per heavy atom. The van der Waals surface area contributed by atoms with Crippen molar-refractivity contribution >= 4 is 38.4 Å². The minimum atomic E-state index is 0.342. The van der Waals surface area contributed by atoms with Crippen molar-refractivity contribution in [1.29, 1.82) is 0 Å². The maximum Gasteiger partial charge on any atom is 0.0632 e. The second-order valence-electron chi connectivity index (χ2n) is 11.9. The summed E-state index contributed by atoms with van der Waals surface area (Å²) in [5.41, 5.74) is 13.4. The number of thiophene rings is 1. The smallest absolute Gasteiger partial charge is 0.0632 e. The monoisotopic (exact) mass is 535 g/mol. The lowest BCUT2D eigenvalue weighted by atomic mass is 9.88. The molecule has 196 valence electrons. The molecule has 0 N–H and O–H groups in total. The van der Waals surface area contributed by atoms with E-state index >= 15 is 0 Å². The Balaban J connectivity index is 1.17. The Morgan fingerprint density at radius 3 is 2.35 bits per heavy atom. The van der Waals surface area contributed by atoms with Gasteiger partial charge in [0.2, 0.25) is 0 Å². The highest BCUT2D eigenvalue weighted by Crippen LogP contribution is 2.49. The molecule has 2 atom stereocenters. The lowest BCUT2D eigenvalue weighted by molar-refractivity contribution is 0.508. The summed E-state index contributed by atoms with van der Waals surface area (Å²) in [6, 6.07) is 32.6. The van der Waals surface area contributed by atoms with Gasteiger partial charge in [-0.2, -0.15) is 0 Å². The molecule has 3 aliphatic rings. The van der Waals surface area contributed by atoms with Crippen LogP contribution in [0.4, 0.5) is 11.4 Å². The number of benzene rings is 4. The van der Waals surface area contributed by atoms with E-state index in [4.69, 9.17) is 0 Å². The molecule has 2 aliphatic carbocycles. The van der Waals surface area contributed by atoms with Gasteiger partial charge in [0, 0.05) is 26.5 Å². The number of fused-ring (bicyclic) bond motifs is 6. The molecule has 1 aliphatic heterocycles. The van der Waals surface area contributed by atoms with Gasteiger partial charge in [0.25, 0.3) is 0 Å². The van der Waals surface area contributed by atoms with Gasteiger partial charge < -0.3 is 4.90 Å². The molecular formula is C38H33NS. The van der Waals surface area contributed by atoms with Gasteiger partial charge in [-0.1, -0.05) is 85.3 Å². The van der Waals surface area contributed by atoms with Crippen LogP contribution >= 0.6 is 11.3 Å². The lowest BCUT2D eigenvalue weighted by Crippen LogP contribution is -2.27. The summed E-state index contributed by atoms with van der Waals surface area (Å²) in [6.45, 7) is 4.55. The van der Waals surface area contributed by atoms with Crippen LogP contribution in [-0.2, 0) is 12.8 Å². The number of allylic oxidation sites excluding steroid dienone is 2. The van der Waals surface area contributed by atoms with Crippen molar-refractivity contribution in [3.05, 3.63) is 125 Å². The summed E-state index contributed by atoms with van der Waals surface area (Å²) >= 11 is 2.01. The molecule has 0 bridgehead atoms. The third-order valence-corrected chi connectivity index (χ3v) is 10.4. The number of aryl methyl sites for hydroxylation is 2. The highest BCUT2D eigenvalue weighted by molar-refractivity contribution is 7.19. The van der Waals surface area contributed by atoms with E-state index in [1.807, 2.05) is 11.3 Å². The van der Waals surface area contributed by atoms with Crippen LogP contribution in [0.15, 0.2) is 103 Å². The molecule has 0 radical (unpaired) electrons. The molecule has 0 saturated carbocycles. The molecule has 1 aromatic heterocycles. The summed E-state index contributed by atoms with van der Waals surface area (Å²) in [5.74, 6) is 0.789. The van der Waals surface area contributed by atoms with Crippen molar-refractivity contribution < 1.29 is 0 Å². The average Bonchev–Trinajstić information content (AvgIpc) is 3.52. The fraction of sp³-hybridized carbons (Fsp3) is 0.211. The van der Waals surface area contributed by atoms with Gasteiger partial charge in [0.05, 0.1) is 6.04 Å². The van der Waals surface area contributed by atoms with E-state index in [1.54, 1.807) is 10.4 Å². The topological polar surface area (TPSA) is 3.24 Å². The summed E-state index contributed by atoms with van der Waals surface area (Å²) in [5, 5.41) is 1.48. The fourth-order valence-corrected chi connectivity index (χ4v) is 8.20. The van der Waals surface area contributed by atoms with Crippen LogP contribution in [0.5, 0.6) is 0 Å². The molecule has 2 heterocycles. The summed E-state index contributed by atoms with van der Waals surface area (Å²) < 4.78 is 1.45. The molecule has 0 saturated heterocycles. The van der Waals surface area contributed by atoms with E-state index in [0.29, 0.717) is 6.04 Å². The lowest BCUT2D eigenvalue weighted by Gasteiger charge is -2.29. The number of hydrogen-bond acceptors (Lipinski definition) is 2. The van der Waals surface area contributed by atoms with Gasteiger partial charge in [-0.15, -0.1) is 11.3 Å². The molecule has 40 heavy (non-hydrogen) atoms. The van der Waals surface area contributed by atoms with Crippen molar-refractivity contribution in [2.75, 3.05) is 4.90 Å². The Hall–Kier alpha value is -3.88. The first-order chi connectivity index (χ1) is 19.6. The molecular weight excluding hydrogens is 502 g/mol. The van der Waals surface area contributed by atoms with E-state index < -0.39 is 0 Å². The number of hydrogen-bond donors (Lipinski definition) is 0. The highest BCUT2D eigenvalue weighted by atomic mass is 32.1. The Labute approximate surface area is 241 Å². The molecule has 1 nitrogen and oxygen atoms in total. The fourth-order valence-electron chi connectivity index (χ4n) is 6.97. The molecule has 0 fully saturated rings. The molecule has 5 aromatic rings. The standard InChI is InChI=1S/C38H33NS/c1-24-7-10-26(11-8-24)29-14-18-32-31-5-3-4-6-35(31)39(36(32)23-29)30-16-12-27(13-17-30)28-15-20-38-34(22-28)33-21-25(2)9-19-37(33)40-38/h3-5,7-8,10-18,20,22-23,25,35H,6,9,19,21H2,1-2H3. The molecule has 4 aromatic carbocycles. The summed E-state index contributed by atoms with van der Waals surface area (Å²) in [7, 11) is 0. The molecule has 2 heteroatoms. The Bertz CT molecular complexity index is 1820. The third-order valence-electron chi connectivity index (χ3n) is 9.17. The van der Waals surface area contributed by atoms with Crippen LogP contribution in [0, 0.1) is 12.8 Å². The first-order valence-corrected chi connectivity index (χ1v) is 15.5. The van der Waals surface area contributed by atoms with E-state index in [9.17, 15) is 0 Å². The minimum Gasteiger partial charge on any atom is -0.333 e. The summed E-state index contributed by atoms with van der Waals surface area (Å²) in [6.07, 6.45) is 11.7. The molecule has 8 rings (SSSR count). The minimum absolute atomic E-state index is 0.342. The van der Waals surface area contributed by atoms with Crippen LogP contribution in [-0.4, -0.2) is 6.04 Å². The van der Waals surface area contributed by atoms with Crippen molar-refractivity contribution in [3.8, 4) is 22.3 Å². The quantitative estimate of drug-likeness (QED) is 0.222. The second kappa shape index (κ2) is 9.35. The third kappa shape index (κ3) is 3.89. The van der Waals surface area contributed by atoms with E-state index in [1.165, 1.54) is 79.7 Å². The SMILES string of the molecule is Cc1ccc(-c2ccc3c(c2)N(c2ccc(-c4ccc5sc6c(c5c4)CC(C)CC6)cc2)C2CC=CC=C32)cc1. The predicted molar refractivity (Wildman–Crippen MR) is 173 cm³/mol. The highest BCUT2D eigenvalue weighted by Gasteiger charge is 2.35. The van der Waals surface area contributed by atoms with Crippen molar-refractivity contribution in [2.45, 2.75) is 45.6 Å². The zero-order valence-corrected chi connectivity index (χ0v) is 24.0. The number of rotatable bonds is 3. The van der Waals surface area contributed by atoms with E-state index in [0.717, 1.165) is 12.3 Å². The van der Waals surface area contributed by atoms with Gasteiger partial charge in [0.1, 0.15) is 0 Å². The van der Waals surface area contributed by atoms with Gasteiger partial charge >= 0.3 is 0 Å². The van der Waals surface area contributed by atoms with E-state index in [2.05, 4.69) is 122 Å². The van der Waals surface area contributed by atoms with Gasteiger partial charge in [-0.25, -0.2) is 0 Å². The largest absolute Gasteiger partial charge is 0.333 e. The molecule has 0 spiro atoms. The normalized spacial score (nSPS) is 19.4. The Kier molecular flexibility index (Phi) is 5.60. The number of anilines is 2. The maximum absolute atomic E-state index is 2.56. The van der Waals surface area contributed by atoms with Crippen molar-refractivity contribution in [3.63, 3.8) is 0 Å².